The van der Waals surface area contributed by atoms with Crippen molar-refractivity contribution in [3.63, 3.8) is 0 Å². The number of nitrogens with zero attached hydrogens (tertiary/aromatic N) is 3. The standard InChI is InChI=1S/C11H22N6/c1-7-8(15-12)13-10(11(2,3)4)14-9(7)16-17(5)6/h12H2,1-6H3,(H2,13,14,15,16). The second-order valence-corrected chi connectivity index (χ2v) is 5.27. The minimum Gasteiger partial charge on any atom is -0.308 e. The van der Waals surface area contributed by atoms with Crippen LogP contribution in [0.25, 0.3) is 0 Å². The number of hydrogen-bond donors (Lipinski definition) is 3. The third-order valence-electron chi connectivity index (χ3n) is 2.28. The van der Waals surface area contributed by atoms with Crippen LogP contribution < -0.4 is 16.7 Å². The summed E-state index contributed by atoms with van der Waals surface area (Å²) < 4.78 is 0. The fraction of sp³-hybridized carbons (Fsp3) is 0.636. The predicted molar refractivity (Wildman–Crippen MR) is 70.6 cm³/mol. The molecule has 0 unspecified atom stereocenters. The second kappa shape index (κ2) is 4.85. The quantitative estimate of drug-likeness (QED) is 0.543. The van der Waals surface area contributed by atoms with Crippen molar-refractivity contribution >= 4 is 11.6 Å². The van der Waals surface area contributed by atoms with Gasteiger partial charge in [0, 0.05) is 25.1 Å². The van der Waals surface area contributed by atoms with Crippen LogP contribution in [0.1, 0.15) is 32.2 Å². The molecule has 0 bridgehead atoms. The lowest BCUT2D eigenvalue weighted by molar-refractivity contribution is 0.486. The van der Waals surface area contributed by atoms with E-state index in [4.69, 9.17) is 5.84 Å². The van der Waals surface area contributed by atoms with E-state index in [2.05, 4.69) is 41.6 Å². The Morgan fingerprint density at radius 3 is 2.06 bits per heavy atom. The van der Waals surface area contributed by atoms with Gasteiger partial charge >= 0.3 is 0 Å². The molecule has 0 amide bonds. The molecule has 0 aliphatic carbocycles. The molecule has 0 atom stereocenters. The van der Waals surface area contributed by atoms with Gasteiger partial charge < -0.3 is 10.9 Å². The summed E-state index contributed by atoms with van der Waals surface area (Å²) in [7, 11) is 3.82. The van der Waals surface area contributed by atoms with Gasteiger partial charge in [-0.2, -0.15) is 0 Å². The molecule has 0 aliphatic rings. The van der Waals surface area contributed by atoms with Crippen LogP contribution in [0.4, 0.5) is 11.6 Å². The van der Waals surface area contributed by atoms with Gasteiger partial charge in [0.15, 0.2) is 0 Å². The summed E-state index contributed by atoms with van der Waals surface area (Å²) in [5.74, 6) is 7.65. The fourth-order valence-corrected chi connectivity index (χ4v) is 1.31. The van der Waals surface area contributed by atoms with Gasteiger partial charge in [0.25, 0.3) is 0 Å². The Kier molecular flexibility index (Phi) is 3.90. The molecule has 0 saturated carbocycles. The van der Waals surface area contributed by atoms with Crippen LogP contribution in [0, 0.1) is 6.92 Å². The number of nitrogens with two attached hydrogens (primary N) is 1. The highest BCUT2D eigenvalue weighted by molar-refractivity contribution is 5.56. The Morgan fingerprint density at radius 2 is 1.65 bits per heavy atom. The van der Waals surface area contributed by atoms with Gasteiger partial charge in [0.1, 0.15) is 17.5 Å². The Bertz CT molecular complexity index is 394. The summed E-state index contributed by atoms with van der Waals surface area (Å²) in [4.78, 5) is 8.96. The normalized spacial score (nSPS) is 11.8. The summed E-state index contributed by atoms with van der Waals surface area (Å²) in [5, 5.41) is 1.84. The van der Waals surface area contributed by atoms with Gasteiger partial charge in [-0.3, -0.25) is 0 Å². The van der Waals surface area contributed by atoms with Crippen LogP contribution in [-0.2, 0) is 5.41 Å². The van der Waals surface area contributed by atoms with E-state index in [1.54, 1.807) is 0 Å². The third kappa shape index (κ3) is 3.28. The Morgan fingerprint density at radius 1 is 1.12 bits per heavy atom. The predicted octanol–water partition coefficient (Wildman–Crippen LogP) is 1.26. The molecule has 1 rings (SSSR count). The monoisotopic (exact) mass is 238 g/mol. The van der Waals surface area contributed by atoms with Crippen molar-refractivity contribution < 1.29 is 0 Å². The smallest absolute Gasteiger partial charge is 0.149 e. The highest BCUT2D eigenvalue weighted by Gasteiger charge is 2.21. The molecule has 0 spiro atoms. The number of rotatable bonds is 3. The lowest BCUT2D eigenvalue weighted by atomic mass is 9.95. The molecule has 1 aromatic rings. The molecule has 1 heterocycles. The van der Waals surface area contributed by atoms with Gasteiger partial charge in [-0.05, 0) is 6.92 Å². The Hall–Kier alpha value is -1.40. The maximum atomic E-state index is 5.48. The zero-order valence-electron chi connectivity index (χ0n) is 11.4. The highest BCUT2D eigenvalue weighted by atomic mass is 15.5. The molecular weight excluding hydrogens is 216 g/mol. The molecule has 0 saturated heterocycles. The van der Waals surface area contributed by atoms with Crippen molar-refractivity contribution in [2.24, 2.45) is 5.84 Å². The SMILES string of the molecule is Cc1c(NN)nc(C(C)(C)C)nc1NN(C)C. The van der Waals surface area contributed by atoms with E-state index in [9.17, 15) is 0 Å². The topological polar surface area (TPSA) is 79.1 Å². The molecular formula is C11H22N6. The first-order valence-electron chi connectivity index (χ1n) is 5.55. The molecule has 0 fully saturated rings. The highest BCUT2D eigenvalue weighted by Crippen LogP contribution is 2.25. The van der Waals surface area contributed by atoms with E-state index in [-0.39, 0.29) is 5.41 Å². The van der Waals surface area contributed by atoms with Crippen molar-refractivity contribution in [1.29, 1.82) is 0 Å². The lowest BCUT2D eigenvalue weighted by Gasteiger charge is -2.22. The molecule has 4 N–H and O–H groups in total. The summed E-state index contributed by atoms with van der Waals surface area (Å²) in [6, 6.07) is 0. The third-order valence-corrected chi connectivity index (χ3v) is 2.28. The Balaban J connectivity index is 3.28. The molecule has 6 nitrogen and oxygen atoms in total. The maximum absolute atomic E-state index is 5.48. The summed E-state index contributed by atoms with van der Waals surface area (Å²) in [6.45, 7) is 8.12. The number of hydrogen-bond acceptors (Lipinski definition) is 6. The van der Waals surface area contributed by atoms with Crippen LogP contribution in [0.15, 0.2) is 0 Å². The van der Waals surface area contributed by atoms with Crippen LogP contribution in [0.5, 0.6) is 0 Å². The van der Waals surface area contributed by atoms with E-state index >= 15 is 0 Å². The van der Waals surface area contributed by atoms with Gasteiger partial charge in [-0.25, -0.2) is 20.8 Å². The van der Waals surface area contributed by atoms with Gasteiger partial charge in [0.2, 0.25) is 0 Å². The second-order valence-electron chi connectivity index (χ2n) is 5.27. The van der Waals surface area contributed by atoms with E-state index in [1.165, 1.54) is 0 Å². The summed E-state index contributed by atoms with van der Waals surface area (Å²) >= 11 is 0. The minimum atomic E-state index is -0.123. The van der Waals surface area contributed by atoms with Crippen LogP contribution in [-0.4, -0.2) is 29.1 Å². The number of nitrogen functional groups attached to an aromatic ring is 1. The average molecular weight is 238 g/mol. The maximum Gasteiger partial charge on any atom is 0.149 e. The zero-order chi connectivity index (χ0) is 13.2. The van der Waals surface area contributed by atoms with Gasteiger partial charge in [0.05, 0.1) is 0 Å². The number of hydrazine groups is 2. The first-order valence-corrected chi connectivity index (χ1v) is 5.55. The summed E-state index contributed by atoms with van der Waals surface area (Å²) in [6.07, 6.45) is 0. The molecule has 17 heavy (non-hydrogen) atoms. The minimum absolute atomic E-state index is 0.123. The fourth-order valence-electron chi connectivity index (χ4n) is 1.31. The van der Waals surface area contributed by atoms with Gasteiger partial charge in [-0.15, -0.1) is 0 Å². The summed E-state index contributed by atoms with van der Waals surface area (Å²) in [5.41, 5.74) is 6.53. The first-order chi connectivity index (χ1) is 7.75. The van der Waals surface area contributed by atoms with Crippen molar-refractivity contribution in [3.8, 4) is 0 Å². The van der Waals surface area contributed by atoms with Gasteiger partial charge in [-0.1, -0.05) is 20.8 Å². The van der Waals surface area contributed by atoms with E-state index in [0.29, 0.717) is 5.82 Å². The number of aromatic nitrogens is 2. The first kappa shape index (κ1) is 13.7. The average Bonchev–Trinajstić information content (AvgIpc) is 2.18. The number of nitrogens with one attached hydrogen (secondary N) is 2. The number of anilines is 2. The van der Waals surface area contributed by atoms with Crippen molar-refractivity contribution in [2.45, 2.75) is 33.1 Å². The largest absolute Gasteiger partial charge is 0.308 e. The van der Waals surface area contributed by atoms with Crippen LogP contribution in [0.3, 0.4) is 0 Å². The molecule has 1 aromatic heterocycles. The van der Waals surface area contributed by atoms with Crippen molar-refractivity contribution in [1.82, 2.24) is 15.0 Å². The Labute approximate surface area is 103 Å². The molecule has 96 valence electrons. The molecule has 6 heteroatoms. The molecule has 0 aromatic carbocycles. The van der Waals surface area contributed by atoms with Crippen molar-refractivity contribution in [2.75, 3.05) is 24.9 Å². The van der Waals surface area contributed by atoms with E-state index < -0.39 is 0 Å². The van der Waals surface area contributed by atoms with Crippen molar-refractivity contribution in [3.05, 3.63) is 11.4 Å². The molecule has 0 radical (unpaired) electrons. The van der Waals surface area contributed by atoms with Crippen LogP contribution >= 0.6 is 0 Å². The van der Waals surface area contributed by atoms with E-state index in [0.717, 1.165) is 17.2 Å². The van der Waals surface area contributed by atoms with E-state index in [1.807, 2.05) is 26.0 Å². The lowest BCUT2D eigenvalue weighted by Crippen LogP contribution is -2.25. The zero-order valence-corrected chi connectivity index (χ0v) is 11.4. The molecule has 0 aliphatic heterocycles. The van der Waals surface area contributed by atoms with Crippen LogP contribution in [0.2, 0.25) is 0 Å².